The van der Waals surface area contributed by atoms with Gasteiger partial charge in [0, 0.05) is 4.43 Å². The average Bonchev–Trinajstić information content (AvgIpc) is 1.37. The van der Waals surface area contributed by atoms with E-state index in [1.165, 1.54) is 0 Å². The van der Waals surface area contributed by atoms with Crippen molar-refractivity contribution in [1.29, 1.82) is 0 Å². The molecule has 0 aliphatic rings. The molecule has 0 atom stereocenters. The summed E-state index contributed by atoms with van der Waals surface area (Å²) in [6, 6.07) is 0. The molecule has 0 saturated heterocycles. The number of hydrogen-bond acceptors (Lipinski definition) is 0. The Kier molecular flexibility index (Phi) is 17.0. The number of halogens is 2. The number of hydrogen-bond donors (Lipinski definition) is 0. The molecule has 0 saturated carbocycles. The molecule has 0 nitrogen and oxygen atoms in total. The molecular formula is C3H6I2. The van der Waals surface area contributed by atoms with Crippen molar-refractivity contribution in [2.24, 2.45) is 0 Å². The van der Waals surface area contributed by atoms with Crippen LogP contribution >= 0.6 is 46.6 Å². The van der Waals surface area contributed by atoms with Crippen LogP contribution in [0.5, 0.6) is 0 Å². The van der Waals surface area contributed by atoms with Gasteiger partial charge in [-0.1, -0.05) is 28.7 Å². The molecule has 0 aromatic carbocycles. The minimum atomic E-state index is 0. The molecule has 0 radical (unpaired) electrons. The summed E-state index contributed by atoms with van der Waals surface area (Å²) in [7, 11) is 0. The molecule has 0 aromatic heterocycles. The maximum Gasteiger partial charge on any atom is 0.0173 e. The van der Waals surface area contributed by atoms with Gasteiger partial charge >= 0.3 is 0 Å². The smallest absolute Gasteiger partial charge is 0.0173 e. The van der Waals surface area contributed by atoms with E-state index in [9.17, 15) is 0 Å². The van der Waals surface area contributed by atoms with Crippen LogP contribution in [-0.4, -0.2) is 4.43 Å². The van der Waals surface area contributed by atoms with Crippen LogP contribution in [0.2, 0.25) is 0 Å². The molecule has 5 heavy (non-hydrogen) atoms. The highest BCUT2D eigenvalue weighted by Gasteiger charge is 1.47. The lowest BCUT2D eigenvalue weighted by molar-refractivity contribution is 1.90. The van der Waals surface area contributed by atoms with Crippen molar-refractivity contribution in [2.45, 2.75) is 0 Å². The maximum atomic E-state index is 3.47. The van der Waals surface area contributed by atoms with Gasteiger partial charge in [0.2, 0.25) is 0 Å². The first-order valence-corrected chi connectivity index (χ1v) is 2.61. The summed E-state index contributed by atoms with van der Waals surface area (Å²) < 4.78 is 1.05. The Labute approximate surface area is 63.2 Å². The number of allylic oxidation sites excluding steroid dienone is 1. The lowest BCUT2D eigenvalue weighted by Crippen LogP contribution is -1.43. The topological polar surface area (TPSA) is 0 Å². The van der Waals surface area contributed by atoms with Gasteiger partial charge in [-0.25, -0.2) is 0 Å². The van der Waals surface area contributed by atoms with Crippen LogP contribution in [0.4, 0.5) is 0 Å². The van der Waals surface area contributed by atoms with E-state index >= 15 is 0 Å². The molecule has 0 aliphatic heterocycles. The third-order valence-electron chi connectivity index (χ3n) is 0.109. The normalized spacial score (nSPS) is 5.00. The number of rotatable bonds is 1. The summed E-state index contributed by atoms with van der Waals surface area (Å²) in [4.78, 5) is 0. The van der Waals surface area contributed by atoms with Crippen molar-refractivity contribution < 1.29 is 0 Å². The average molecular weight is 296 g/mol. The standard InChI is InChI=1S/C3H5I.HI/c1-2-3-4;/h2H,1,3H2;1H. The third-order valence-corrected chi connectivity index (χ3v) is 0.732. The Balaban J connectivity index is 0. The van der Waals surface area contributed by atoms with Crippen LogP contribution in [0.15, 0.2) is 12.7 Å². The van der Waals surface area contributed by atoms with Crippen LogP contribution in [0, 0.1) is 0 Å². The molecule has 0 amide bonds. The molecule has 0 aromatic rings. The molecule has 0 bridgehead atoms. The van der Waals surface area contributed by atoms with Gasteiger partial charge in [-0.2, -0.15) is 0 Å². The fourth-order valence-electron chi connectivity index (χ4n) is 0. The molecule has 32 valence electrons. The van der Waals surface area contributed by atoms with Gasteiger partial charge in [0.15, 0.2) is 0 Å². The van der Waals surface area contributed by atoms with Crippen molar-refractivity contribution in [1.82, 2.24) is 0 Å². The largest absolute Gasteiger partial charge is 0.107 e. The van der Waals surface area contributed by atoms with E-state index in [0.29, 0.717) is 0 Å². The van der Waals surface area contributed by atoms with E-state index in [1.54, 1.807) is 0 Å². The van der Waals surface area contributed by atoms with E-state index in [4.69, 9.17) is 0 Å². The zero-order valence-corrected chi connectivity index (χ0v) is 7.27. The van der Waals surface area contributed by atoms with Gasteiger partial charge in [0.05, 0.1) is 0 Å². The first-order chi connectivity index (χ1) is 1.91. The lowest BCUT2D eigenvalue weighted by atomic mass is 10.8. The maximum absolute atomic E-state index is 3.47. The van der Waals surface area contributed by atoms with Gasteiger partial charge in [0.1, 0.15) is 0 Å². The molecule has 0 heterocycles. The predicted molar refractivity (Wildman–Crippen MR) is 44.5 cm³/mol. The fourth-order valence-corrected chi connectivity index (χ4v) is 0. The van der Waals surface area contributed by atoms with Crippen LogP contribution in [0.3, 0.4) is 0 Å². The monoisotopic (exact) mass is 296 g/mol. The zero-order chi connectivity index (χ0) is 3.41. The Morgan fingerprint density at radius 3 is 2.00 bits per heavy atom. The second-order valence-corrected chi connectivity index (χ2v) is 1.32. The summed E-state index contributed by atoms with van der Waals surface area (Å²) in [6.07, 6.45) is 1.86. The summed E-state index contributed by atoms with van der Waals surface area (Å²) in [5, 5.41) is 0. The van der Waals surface area contributed by atoms with Crippen LogP contribution in [-0.2, 0) is 0 Å². The summed E-state index contributed by atoms with van der Waals surface area (Å²) in [5.41, 5.74) is 0. The van der Waals surface area contributed by atoms with E-state index in [-0.39, 0.29) is 24.0 Å². The van der Waals surface area contributed by atoms with Crippen LogP contribution in [0.25, 0.3) is 0 Å². The summed E-state index contributed by atoms with van der Waals surface area (Å²) in [5.74, 6) is 0. The molecule has 0 rings (SSSR count). The van der Waals surface area contributed by atoms with E-state index < -0.39 is 0 Å². The fraction of sp³-hybridized carbons (Fsp3) is 0.333. The first-order valence-electron chi connectivity index (χ1n) is 1.08. The Morgan fingerprint density at radius 1 is 1.80 bits per heavy atom. The van der Waals surface area contributed by atoms with Gasteiger partial charge in [-0.05, 0) is 0 Å². The molecule has 0 spiro atoms. The third kappa shape index (κ3) is 11.0. The van der Waals surface area contributed by atoms with Gasteiger partial charge < -0.3 is 0 Å². The summed E-state index contributed by atoms with van der Waals surface area (Å²) in [6.45, 7) is 3.47. The lowest BCUT2D eigenvalue weighted by Gasteiger charge is -1.55. The molecule has 0 unspecified atom stereocenters. The van der Waals surface area contributed by atoms with Crippen LogP contribution in [0.1, 0.15) is 0 Å². The van der Waals surface area contributed by atoms with Crippen molar-refractivity contribution in [2.75, 3.05) is 4.43 Å². The zero-order valence-electron chi connectivity index (χ0n) is 2.78. The first kappa shape index (κ1) is 9.50. The second kappa shape index (κ2) is 8.96. The van der Waals surface area contributed by atoms with Gasteiger partial charge in [0.25, 0.3) is 0 Å². The molecule has 0 aliphatic carbocycles. The van der Waals surface area contributed by atoms with Gasteiger partial charge in [-0.3, -0.25) is 0 Å². The SMILES string of the molecule is C=CCI.I. The molecular weight excluding hydrogens is 290 g/mol. The Bertz CT molecular complexity index is 18.9. The van der Waals surface area contributed by atoms with E-state index in [1.807, 2.05) is 6.08 Å². The quantitative estimate of drug-likeness (QED) is 0.395. The molecule has 2 heteroatoms. The number of alkyl halides is 1. The van der Waals surface area contributed by atoms with E-state index in [0.717, 1.165) is 4.43 Å². The van der Waals surface area contributed by atoms with Crippen molar-refractivity contribution >= 4 is 46.6 Å². The highest BCUT2D eigenvalue weighted by Crippen LogP contribution is 1.75. The van der Waals surface area contributed by atoms with Crippen molar-refractivity contribution in [3.05, 3.63) is 12.7 Å². The highest BCUT2D eigenvalue weighted by atomic mass is 127. The van der Waals surface area contributed by atoms with Crippen molar-refractivity contribution in [3.8, 4) is 0 Å². The predicted octanol–water partition coefficient (Wildman–Crippen LogP) is 2.23. The minimum Gasteiger partial charge on any atom is -0.107 e. The Morgan fingerprint density at radius 2 is 2.00 bits per heavy atom. The Hall–Kier alpha value is 1.20. The highest BCUT2D eigenvalue weighted by molar-refractivity contribution is 14.1. The van der Waals surface area contributed by atoms with Crippen LogP contribution < -0.4 is 0 Å². The molecule has 0 fully saturated rings. The second-order valence-electron chi connectivity index (χ2n) is 0.443. The van der Waals surface area contributed by atoms with E-state index in [2.05, 4.69) is 29.2 Å². The summed E-state index contributed by atoms with van der Waals surface area (Å²) >= 11 is 2.23. The minimum absolute atomic E-state index is 0. The van der Waals surface area contributed by atoms with Gasteiger partial charge in [-0.15, -0.1) is 30.6 Å². The molecule has 0 N–H and O–H groups in total. The van der Waals surface area contributed by atoms with Crippen molar-refractivity contribution in [3.63, 3.8) is 0 Å².